The van der Waals surface area contributed by atoms with E-state index in [-0.39, 0.29) is 42.0 Å². The van der Waals surface area contributed by atoms with E-state index in [1.807, 2.05) is 0 Å². The minimum absolute atomic E-state index is 0.0165. The molecule has 0 spiro atoms. The molecule has 2 aliphatic rings. The number of hydrogen-bond donors (Lipinski definition) is 2. The number of carbonyl (C=O) groups excluding carboxylic acids is 1. The van der Waals surface area contributed by atoms with E-state index in [2.05, 4.69) is 10.0 Å². The smallest absolute Gasteiger partial charge is 0.276 e. The van der Waals surface area contributed by atoms with E-state index in [9.17, 15) is 22.8 Å². The molecule has 11 heteroatoms. The van der Waals surface area contributed by atoms with Gasteiger partial charge in [0, 0.05) is 37.4 Å². The molecule has 0 bridgehead atoms. The van der Waals surface area contributed by atoms with Gasteiger partial charge in [-0.1, -0.05) is 0 Å². The summed E-state index contributed by atoms with van der Waals surface area (Å²) in [5, 5.41) is 15.1. The van der Waals surface area contributed by atoms with Crippen LogP contribution in [0.3, 0.4) is 0 Å². The van der Waals surface area contributed by atoms with Crippen molar-refractivity contribution in [2.75, 3.05) is 25.0 Å². The van der Waals surface area contributed by atoms with E-state index in [1.165, 1.54) is 36.0 Å². The lowest BCUT2D eigenvalue weighted by molar-refractivity contribution is 0.101. The summed E-state index contributed by atoms with van der Waals surface area (Å²) in [5.41, 5.74) is 0.749. The average Bonchev–Trinajstić information content (AvgIpc) is 3.14. The number of hydrogen-bond acceptors (Lipinski definition) is 6. The first kappa shape index (κ1) is 19.8. The molecule has 9 nitrogen and oxygen atoms in total. The number of carbonyl (C=O) groups is 1. The molecule has 1 fully saturated rings. The topological polar surface area (TPSA) is 116 Å². The molecule has 2 aromatic rings. The maximum atomic E-state index is 13.5. The summed E-state index contributed by atoms with van der Waals surface area (Å²) in [6, 6.07) is 3.58. The van der Waals surface area contributed by atoms with Crippen molar-refractivity contribution in [2.45, 2.75) is 17.9 Å². The van der Waals surface area contributed by atoms with E-state index in [1.54, 1.807) is 6.92 Å². The number of aryl methyl sites for hydroxylation is 2. The molecule has 0 saturated carbocycles. The largest absolute Gasteiger partial charge is 0.785 e. The van der Waals surface area contributed by atoms with Crippen molar-refractivity contribution in [1.82, 2.24) is 14.4 Å². The first-order valence-electron chi connectivity index (χ1n) is 8.99. The van der Waals surface area contributed by atoms with Crippen LogP contribution in [0.2, 0.25) is 0 Å². The number of hydroxylamine groups is 2. The van der Waals surface area contributed by atoms with Crippen molar-refractivity contribution >= 4 is 21.6 Å². The van der Waals surface area contributed by atoms with Crippen LogP contribution in [-0.4, -0.2) is 49.7 Å². The number of sulfonamides is 1. The number of fused-ring (bicyclic) bond motifs is 2. The second-order valence-electron chi connectivity index (χ2n) is 7.35. The second-order valence-corrected chi connectivity index (χ2v) is 9.03. The van der Waals surface area contributed by atoms with Crippen LogP contribution in [0, 0.1) is 23.9 Å². The highest BCUT2D eigenvalue weighted by Crippen LogP contribution is 2.34. The Morgan fingerprint density at radius 2 is 2.14 bits per heavy atom. The number of aromatic nitrogens is 1. The first-order chi connectivity index (χ1) is 13.7. The lowest BCUT2D eigenvalue weighted by Crippen LogP contribution is -2.43. The Labute approximate surface area is 167 Å². The molecular formula is C18H20FN4O5S-. The number of nitrogens with zero attached hydrogens (tertiary/aromatic N) is 2. The van der Waals surface area contributed by atoms with Crippen LogP contribution in [0.5, 0.6) is 5.75 Å². The van der Waals surface area contributed by atoms with Gasteiger partial charge in [0.05, 0.1) is 6.61 Å². The Kier molecular flexibility index (Phi) is 4.85. The fraction of sp³-hybridized carbons (Fsp3) is 0.389. The Bertz CT molecular complexity index is 1080. The van der Waals surface area contributed by atoms with Crippen molar-refractivity contribution < 1.29 is 22.3 Å². The highest BCUT2D eigenvalue weighted by Gasteiger charge is 2.39. The molecule has 2 atom stereocenters. The molecule has 0 aliphatic carbocycles. The van der Waals surface area contributed by atoms with Crippen LogP contribution in [0.25, 0.3) is 0 Å². The number of ether oxygens (including phenoxy) is 1. The van der Waals surface area contributed by atoms with Crippen LogP contribution in [-0.2, 0) is 17.1 Å². The molecule has 3 heterocycles. The summed E-state index contributed by atoms with van der Waals surface area (Å²) < 4.78 is 48.8. The van der Waals surface area contributed by atoms with Gasteiger partial charge in [0.1, 0.15) is 10.7 Å². The van der Waals surface area contributed by atoms with Crippen LogP contribution in [0.1, 0.15) is 16.1 Å². The van der Waals surface area contributed by atoms with Gasteiger partial charge in [-0.05, 0) is 37.2 Å². The maximum absolute atomic E-state index is 13.5. The normalized spacial score (nSPS) is 23.4. The average molecular weight is 423 g/mol. The second kappa shape index (κ2) is 7.10. The lowest BCUT2D eigenvalue weighted by Gasteiger charge is -2.24. The number of anilines is 1. The number of rotatable bonds is 2. The molecule has 4 rings (SSSR count). The zero-order valence-corrected chi connectivity index (χ0v) is 16.6. The van der Waals surface area contributed by atoms with Gasteiger partial charge < -0.3 is 24.9 Å². The predicted octanol–water partition coefficient (Wildman–Crippen LogP) is 1.19. The first-order valence-corrected chi connectivity index (χ1v) is 10.5. The third kappa shape index (κ3) is 3.62. The summed E-state index contributed by atoms with van der Waals surface area (Å²) in [6.45, 7) is 1.86. The number of benzene rings is 1. The van der Waals surface area contributed by atoms with Crippen molar-refractivity contribution in [3.8, 4) is 5.75 Å². The third-order valence-corrected chi connectivity index (χ3v) is 6.66. The van der Waals surface area contributed by atoms with Gasteiger partial charge in [0.2, 0.25) is 10.0 Å². The van der Waals surface area contributed by atoms with Gasteiger partial charge in [-0.15, -0.1) is 0 Å². The molecule has 0 radical (unpaired) electrons. The quantitative estimate of drug-likeness (QED) is 0.750. The van der Waals surface area contributed by atoms with Crippen molar-refractivity contribution in [2.24, 2.45) is 13.0 Å². The molecule has 1 aromatic carbocycles. The number of nitrogens with one attached hydrogen (secondary N) is 2. The highest BCUT2D eigenvalue weighted by molar-refractivity contribution is 7.89. The molecule has 2 aliphatic heterocycles. The van der Waals surface area contributed by atoms with Crippen molar-refractivity contribution in [3.05, 3.63) is 46.7 Å². The van der Waals surface area contributed by atoms with E-state index >= 15 is 0 Å². The maximum Gasteiger partial charge on any atom is 0.276 e. The molecule has 1 amide bonds. The Morgan fingerprint density at radius 1 is 1.38 bits per heavy atom. The fourth-order valence-corrected chi connectivity index (χ4v) is 5.16. The van der Waals surface area contributed by atoms with E-state index in [4.69, 9.17) is 4.74 Å². The molecule has 1 aromatic heterocycles. The molecule has 2 N–H and O–H groups in total. The number of amides is 1. The van der Waals surface area contributed by atoms with E-state index in [0.717, 1.165) is 5.06 Å². The van der Waals surface area contributed by atoms with Crippen LogP contribution >= 0.6 is 0 Å². The van der Waals surface area contributed by atoms with E-state index in [0.29, 0.717) is 11.3 Å². The molecule has 0 unspecified atom stereocenters. The summed E-state index contributed by atoms with van der Waals surface area (Å²) in [5.74, 6) is -1.39. The van der Waals surface area contributed by atoms with Gasteiger partial charge in [0.25, 0.3) is 5.91 Å². The minimum atomic E-state index is -3.99. The van der Waals surface area contributed by atoms with E-state index < -0.39 is 27.8 Å². The third-order valence-electron chi connectivity index (χ3n) is 5.18. The Balaban J connectivity index is 1.69. The SMILES string of the molecule is Cc1cc(NC(=O)c2c3c(cn2C)S(=O)(=O)N[C@H]2CN([O-])C[C@H]2CO3)ccc1F. The van der Waals surface area contributed by atoms with Crippen LogP contribution in [0.15, 0.2) is 29.3 Å². The van der Waals surface area contributed by atoms with Gasteiger partial charge >= 0.3 is 0 Å². The Morgan fingerprint density at radius 3 is 2.86 bits per heavy atom. The lowest BCUT2D eigenvalue weighted by atomic mass is 10.1. The molecule has 29 heavy (non-hydrogen) atoms. The van der Waals surface area contributed by atoms with Crippen molar-refractivity contribution in [3.63, 3.8) is 0 Å². The highest BCUT2D eigenvalue weighted by atomic mass is 32.2. The number of halogens is 1. The van der Waals surface area contributed by atoms with Gasteiger partial charge in [-0.3, -0.25) is 4.79 Å². The Hall–Kier alpha value is -2.47. The monoisotopic (exact) mass is 423 g/mol. The standard InChI is InChI=1S/C18H20FN4O5S/c1-10-5-12(3-4-13(10)19)20-18(24)16-17-15(8-22(16)2)29(26,27)21-14-7-23(25)6-11(14)9-28-17/h3-5,8,11,14,21H,6-7,9H2,1-2H3,(H,20,24)/q-1/t11-,14-/m0/s1. The van der Waals surface area contributed by atoms with Crippen molar-refractivity contribution in [1.29, 1.82) is 0 Å². The zero-order valence-electron chi connectivity index (χ0n) is 15.8. The fourth-order valence-electron chi connectivity index (χ4n) is 3.67. The van der Waals surface area contributed by atoms with Crippen LogP contribution in [0.4, 0.5) is 10.1 Å². The summed E-state index contributed by atoms with van der Waals surface area (Å²) >= 11 is 0. The van der Waals surface area contributed by atoms with Crippen LogP contribution < -0.4 is 14.8 Å². The molecule has 156 valence electrons. The van der Waals surface area contributed by atoms with Gasteiger partial charge in [-0.25, -0.2) is 17.5 Å². The van der Waals surface area contributed by atoms with Gasteiger partial charge in [0.15, 0.2) is 11.4 Å². The minimum Gasteiger partial charge on any atom is -0.785 e. The summed E-state index contributed by atoms with van der Waals surface area (Å²) in [6.07, 6.45) is 1.30. The summed E-state index contributed by atoms with van der Waals surface area (Å²) in [4.78, 5) is 12.7. The molecular weight excluding hydrogens is 403 g/mol. The zero-order chi connectivity index (χ0) is 20.9. The van der Waals surface area contributed by atoms with Gasteiger partial charge in [-0.2, -0.15) is 0 Å². The molecule has 1 saturated heterocycles. The summed E-state index contributed by atoms with van der Waals surface area (Å²) in [7, 11) is -2.45. The predicted molar refractivity (Wildman–Crippen MR) is 103 cm³/mol.